The molecular weight excluding hydrogens is 292 g/mol. The van der Waals surface area contributed by atoms with Crippen molar-refractivity contribution in [2.24, 2.45) is 0 Å². The molecule has 0 aliphatic carbocycles. The molecular formula is C18H18N2O3. The van der Waals surface area contributed by atoms with Gasteiger partial charge in [-0.3, -0.25) is 9.59 Å². The highest BCUT2D eigenvalue weighted by Crippen LogP contribution is 2.27. The Balaban J connectivity index is 1.80. The van der Waals surface area contributed by atoms with Crippen LogP contribution >= 0.6 is 0 Å². The van der Waals surface area contributed by atoms with Gasteiger partial charge in [0.15, 0.2) is 0 Å². The molecule has 1 aliphatic rings. The molecule has 118 valence electrons. The van der Waals surface area contributed by atoms with Crippen molar-refractivity contribution in [3.05, 3.63) is 54.1 Å². The van der Waals surface area contributed by atoms with Gasteiger partial charge in [0.2, 0.25) is 5.91 Å². The average Bonchev–Trinajstić information content (AvgIpc) is 2.84. The van der Waals surface area contributed by atoms with Gasteiger partial charge in [0, 0.05) is 5.69 Å². The highest BCUT2D eigenvalue weighted by atomic mass is 16.5. The maximum absolute atomic E-state index is 12.6. The number of rotatable bonds is 4. The molecule has 0 saturated carbocycles. The van der Waals surface area contributed by atoms with Crippen LogP contribution in [-0.2, 0) is 9.59 Å². The molecule has 3 rings (SSSR count). The number of nitrogens with one attached hydrogen (secondary N) is 1. The third-order valence-electron chi connectivity index (χ3n) is 3.95. The van der Waals surface area contributed by atoms with Crippen molar-refractivity contribution >= 4 is 23.2 Å². The van der Waals surface area contributed by atoms with E-state index >= 15 is 0 Å². The molecule has 0 bridgehead atoms. The number of imide groups is 1. The summed E-state index contributed by atoms with van der Waals surface area (Å²) in [4.78, 5) is 26.1. The Hall–Kier alpha value is -2.82. The Bertz CT molecular complexity index is 740. The van der Waals surface area contributed by atoms with Crippen LogP contribution in [0.4, 0.5) is 11.4 Å². The SMILES string of the molecule is COc1ccc(N2C(=O)CC(Nc3ccccc3C)C2=O)cc1. The van der Waals surface area contributed by atoms with Crippen LogP contribution in [0, 0.1) is 6.92 Å². The van der Waals surface area contributed by atoms with Crippen molar-refractivity contribution in [2.45, 2.75) is 19.4 Å². The molecule has 0 aromatic heterocycles. The summed E-state index contributed by atoms with van der Waals surface area (Å²) in [6.07, 6.45) is 0.152. The van der Waals surface area contributed by atoms with Crippen LogP contribution in [-0.4, -0.2) is 25.0 Å². The number of amides is 2. The van der Waals surface area contributed by atoms with Crippen LogP contribution in [0.3, 0.4) is 0 Å². The summed E-state index contributed by atoms with van der Waals surface area (Å²) in [6, 6.07) is 14.1. The van der Waals surface area contributed by atoms with Gasteiger partial charge in [-0.15, -0.1) is 0 Å². The first-order chi connectivity index (χ1) is 11.1. The van der Waals surface area contributed by atoms with E-state index in [-0.39, 0.29) is 18.2 Å². The molecule has 23 heavy (non-hydrogen) atoms. The van der Waals surface area contributed by atoms with Crippen LogP contribution in [0.2, 0.25) is 0 Å². The van der Waals surface area contributed by atoms with Gasteiger partial charge in [-0.2, -0.15) is 0 Å². The topological polar surface area (TPSA) is 58.6 Å². The van der Waals surface area contributed by atoms with E-state index in [0.29, 0.717) is 11.4 Å². The van der Waals surface area contributed by atoms with Crippen molar-refractivity contribution in [3.8, 4) is 5.75 Å². The van der Waals surface area contributed by atoms with Gasteiger partial charge in [-0.05, 0) is 42.8 Å². The second-order valence-corrected chi connectivity index (χ2v) is 5.48. The molecule has 1 N–H and O–H groups in total. The number of nitrogens with zero attached hydrogens (tertiary/aromatic N) is 1. The third kappa shape index (κ3) is 2.90. The lowest BCUT2D eigenvalue weighted by atomic mass is 10.1. The van der Waals surface area contributed by atoms with Crippen molar-refractivity contribution in [3.63, 3.8) is 0 Å². The smallest absolute Gasteiger partial charge is 0.256 e. The average molecular weight is 310 g/mol. The van der Waals surface area contributed by atoms with E-state index < -0.39 is 6.04 Å². The van der Waals surface area contributed by atoms with Gasteiger partial charge >= 0.3 is 0 Å². The first-order valence-electron chi connectivity index (χ1n) is 7.43. The molecule has 1 atom stereocenters. The highest BCUT2D eigenvalue weighted by molar-refractivity contribution is 6.23. The second-order valence-electron chi connectivity index (χ2n) is 5.48. The summed E-state index contributed by atoms with van der Waals surface area (Å²) >= 11 is 0. The van der Waals surface area contributed by atoms with Gasteiger partial charge < -0.3 is 10.1 Å². The first kappa shape index (κ1) is 15.1. The zero-order chi connectivity index (χ0) is 16.4. The Morgan fingerprint density at radius 1 is 1.09 bits per heavy atom. The molecule has 1 unspecified atom stereocenters. The number of para-hydroxylation sites is 1. The van der Waals surface area contributed by atoms with Crippen LogP contribution in [0.15, 0.2) is 48.5 Å². The minimum absolute atomic E-state index is 0.152. The number of ether oxygens (including phenoxy) is 1. The van der Waals surface area contributed by atoms with Crippen molar-refractivity contribution < 1.29 is 14.3 Å². The van der Waals surface area contributed by atoms with Crippen LogP contribution in [0.25, 0.3) is 0 Å². The van der Waals surface area contributed by atoms with Gasteiger partial charge in [0.05, 0.1) is 19.2 Å². The normalized spacial score (nSPS) is 17.5. The minimum atomic E-state index is -0.536. The first-order valence-corrected chi connectivity index (χ1v) is 7.43. The fourth-order valence-corrected chi connectivity index (χ4v) is 2.67. The fourth-order valence-electron chi connectivity index (χ4n) is 2.67. The second kappa shape index (κ2) is 6.12. The third-order valence-corrected chi connectivity index (χ3v) is 3.95. The predicted molar refractivity (Wildman–Crippen MR) is 88.7 cm³/mol. The van der Waals surface area contributed by atoms with Gasteiger partial charge in [0.1, 0.15) is 11.8 Å². The Labute approximate surface area is 134 Å². The molecule has 2 aromatic rings. The zero-order valence-electron chi connectivity index (χ0n) is 13.1. The number of anilines is 2. The van der Waals surface area contributed by atoms with Crippen molar-refractivity contribution in [1.29, 1.82) is 0 Å². The van der Waals surface area contributed by atoms with Crippen molar-refractivity contribution in [1.82, 2.24) is 0 Å². The molecule has 5 heteroatoms. The quantitative estimate of drug-likeness (QED) is 0.882. The zero-order valence-corrected chi connectivity index (χ0v) is 13.1. The summed E-state index contributed by atoms with van der Waals surface area (Å²) in [7, 11) is 1.57. The number of carbonyl (C=O) groups excluding carboxylic acids is 2. The Morgan fingerprint density at radius 2 is 1.78 bits per heavy atom. The number of hydrogen-bond donors (Lipinski definition) is 1. The number of carbonyl (C=O) groups is 2. The van der Waals surface area contributed by atoms with Crippen LogP contribution in [0.5, 0.6) is 5.75 Å². The van der Waals surface area contributed by atoms with Crippen LogP contribution in [0.1, 0.15) is 12.0 Å². The molecule has 1 fully saturated rings. The standard InChI is InChI=1S/C18H18N2O3/c1-12-5-3-4-6-15(12)19-16-11-17(21)20(18(16)22)13-7-9-14(23-2)10-8-13/h3-10,16,19H,11H2,1-2H3. The van der Waals surface area contributed by atoms with Gasteiger partial charge in [0.25, 0.3) is 5.91 Å². The van der Waals surface area contributed by atoms with Gasteiger partial charge in [-0.25, -0.2) is 4.90 Å². The minimum Gasteiger partial charge on any atom is -0.497 e. The van der Waals surface area contributed by atoms with Crippen LogP contribution < -0.4 is 15.0 Å². The summed E-state index contributed by atoms with van der Waals surface area (Å²) in [6.45, 7) is 1.96. The highest BCUT2D eigenvalue weighted by Gasteiger charge is 2.39. The number of benzene rings is 2. The van der Waals surface area contributed by atoms with E-state index in [9.17, 15) is 9.59 Å². The molecule has 0 radical (unpaired) electrons. The predicted octanol–water partition coefficient (Wildman–Crippen LogP) is 2.75. The monoisotopic (exact) mass is 310 g/mol. The molecule has 1 saturated heterocycles. The van der Waals surface area contributed by atoms with E-state index in [1.807, 2.05) is 31.2 Å². The van der Waals surface area contributed by atoms with E-state index in [4.69, 9.17) is 4.74 Å². The maximum Gasteiger partial charge on any atom is 0.256 e. The molecule has 5 nitrogen and oxygen atoms in total. The van der Waals surface area contributed by atoms with Crippen molar-refractivity contribution in [2.75, 3.05) is 17.3 Å². The summed E-state index contributed by atoms with van der Waals surface area (Å²) in [5.41, 5.74) is 2.47. The molecule has 1 aliphatic heterocycles. The molecule has 0 spiro atoms. The number of aryl methyl sites for hydroxylation is 1. The van der Waals surface area contributed by atoms with E-state index in [1.165, 1.54) is 4.90 Å². The van der Waals surface area contributed by atoms with E-state index in [1.54, 1.807) is 31.4 Å². The summed E-state index contributed by atoms with van der Waals surface area (Å²) < 4.78 is 5.10. The number of hydrogen-bond acceptors (Lipinski definition) is 4. The van der Waals surface area contributed by atoms with E-state index in [2.05, 4.69) is 5.32 Å². The lowest BCUT2D eigenvalue weighted by molar-refractivity contribution is -0.121. The molecule has 1 heterocycles. The number of methoxy groups -OCH3 is 1. The Morgan fingerprint density at radius 3 is 2.43 bits per heavy atom. The lowest BCUT2D eigenvalue weighted by Gasteiger charge is -2.17. The molecule has 2 aromatic carbocycles. The van der Waals surface area contributed by atoms with E-state index in [0.717, 1.165) is 11.3 Å². The summed E-state index contributed by atoms with van der Waals surface area (Å²) in [5.74, 6) is 0.247. The Kier molecular flexibility index (Phi) is 4.02. The maximum atomic E-state index is 12.6. The lowest BCUT2D eigenvalue weighted by Crippen LogP contribution is -2.34. The largest absolute Gasteiger partial charge is 0.497 e. The van der Waals surface area contributed by atoms with Gasteiger partial charge in [-0.1, -0.05) is 18.2 Å². The fraction of sp³-hybridized carbons (Fsp3) is 0.222. The molecule has 2 amide bonds. The summed E-state index contributed by atoms with van der Waals surface area (Å²) in [5, 5.41) is 3.17.